The van der Waals surface area contributed by atoms with Gasteiger partial charge in [-0.3, -0.25) is 9.59 Å². The molecule has 0 N–H and O–H groups in total. The Morgan fingerprint density at radius 2 is 1.89 bits per heavy atom. The Morgan fingerprint density at radius 1 is 1.15 bits per heavy atom. The monoisotopic (exact) mass is 380 g/mol. The average molecular weight is 380 g/mol. The second-order valence-electron chi connectivity index (χ2n) is 8.15. The molecule has 1 aliphatic carbocycles. The summed E-state index contributed by atoms with van der Waals surface area (Å²) < 4.78 is 28.0. The van der Waals surface area contributed by atoms with Crippen molar-refractivity contribution in [3.05, 3.63) is 11.1 Å². The van der Waals surface area contributed by atoms with Gasteiger partial charge in [-0.25, -0.2) is 4.79 Å². The van der Waals surface area contributed by atoms with E-state index >= 15 is 0 Å². The fraction of sp³-hybridized carbons (Fsp3) is 0.737. The summed E-state index contributed by atoms with van der Waals surface area (Å²) >= 11 is 0. The molecular weight excluding hydrogens is 356 g/mol. The van der Waals surface area contributed by atoms with Gasteiger partial charge in [0.1, 0.15) is 18.8 Å². The molecule has 4 aliphatic rings. The van der Waals surface area contributed by atoms with Crippen LogP contribution in [0.25, 0.3) is 0 Å². The fourth-order valence-corrected chi connectivity index (χ4v) is 4.33. The SMILES string of the molecule is CC(=O)OCC1=C2[C@@H](OC(C)=O)C[C@@]3(C)O[C@@H]3CC[C@@]3(C)O[C@@H]3[C@H]2OC1=O. The molecule has 0 aromatic heterocycles. The molecule has 148 valence electrons. The highest BCUT2D eigenvalue weighted by molar-refractivity contribution is 5.93. The number of carbonyl (C=O) groups is 3. The molecule has 0 radical (unpaired) electrons. The zero-order chi connectivity index (χ0) is 19.6. The molecule has 0 bridgehead atoms. The van der Waals surface area contributed by atoms with Crippen molar-refractivity contribution in [3.8, 4) is 0 Å². The second kappa shape index (κ2) is 6.04. The van der Waals surface area contributed by atoms with Crippen LogP contribution in [0.1, 0.15) is 47.0 Å². The standard InChI is InChI=1S/C19H24O8/c1-9(20)23-8-11-14-12(24-10(2)21)7-19(4)13(26-19)5-6-18(3)16(27-18)15(14)25-17(11)22/h12-13,15-16H,5-8H2,1-4H3/t12-,13+,15-,16+,18+,19+/m0/s1. The van der Waals surface area contributed by atoms with E-state index in [9.17, 15) is 14.4 Å². The Balaban J connectivity index is 1.74. The minimum absolute atomic E-state index is 0.0596. The molecule has 1 saturated carbocycles. The van der Waals surface area contributed by atoms with Crippen LogP contribution in [-0.4, -0.2) is 60.1 Å². The number of esters is 3. The summed E-state index contributed by atoms with van der Waals surface area (Å²) in [5.41, 5.74) is -0.102. The molecule has 3 aliphatic heterocycles. The predicted octanol–water partition coefficient (Wildman–Crippen LogP) is 1.20. The Labute approximate surface area is 157 Å². The van der Waals surface area contributed by atoms with Crippen LogP contribution in [0.3, 0.4) is 0 Å². The molecule has 27 heavy (non-hydrogen) atoms. The highest BCUT2D eigenvalue weighted by Gasteiger charge is 2.65. The normalized spacial score (nSPS) is 42.3. The number of fused-ring (bicyclic) bond motifs is 4. The first-order chi connectivity index (χ1) is 12.6. The first kappa shape index (κ1) is 18.4. The second-order valence-corrected chi connectivity index (χ2v) is 8.15. The van der Waals surface area contributed by atoms with Crippen molar-refractivity contribution < 1.29 is 38.1 Å². The highest BCUT2D eigenvalue weighted by Crippen LogP contribution is 2.54. The van der Waals surface area contributed by atoms with E-state index in [1.807, 2.05) is 13.8 Å². The fourth-order valence-electron chi connectivity index (χ4n) is 4.33. The summed E-state index contributed by atoms with van der Waals surface area (Å²) in [5.74, 6) is -1.54. The van der Waals surface area contributed by atoms with Gasteiger partial charge in [-0.2, -0.15) is 0 Å². The van der Waals surface area contributed by atoms with Crippen LogP contribution >= 0.6 is 0 Å². The smallest absolute Gasteiger partial charge is 0.338 e. The molecule has 2 saturated heterocycles. The van der Waals surface area contributed by atoms with Crippen LogP contribution in [-0.2, 0) is 38.1 Å². The first-order valence-electron chi connectivity index (χ1n) is 9.23. The van der Waals surface area contributed by atoms with Gasteiger partial charge in [-0.1, -0.05) is 0 Å². The maximum absolute atomic E-state index is 12.5. The first-order valence-corrected chi connectivity index (χ1v) is 9.23. The molecular formula is C19H24O8. The minimum atomic E-state index is -0.703. The van der Waals surface area contributed by atoms with Crippen molar-refractivity contribution in [2.24, 2.45) is 0 Å². The van der Waals surface area contributed by atoms with E-state index in [-0.39, 0.29) is 24.4 Å². The van der Waals surface area contributed by atoms with Crippen LogP contribution in [0.4, 0.5) is 0 Å². The lowest BCUT2D eigenvalue weighted by atomic mass is 9.83. The maximum Gasteiger partial charge on any atom is 0.338 e. The van der Waals surface area contributed by atoms with Gasteiger partial charge in [0.05, 0.1) is 22.9 Å². The highest BCUT2D eigenvalue weighted by atomic mass is 16.7. The van der Waals surface area contributed by atoms with Gasteiger partial charge in [-0.15, -0.1) is 0 Å². The Kier molecular flexibility index (Phi) is 4.12. The molecule has 0 aromatic carbocycles. The number of carbonyl (C=O) groups excluding carboxylic acids is 3. The van der Waals surface area contributed by atoms with Gasteiger partial charge in [0.15, 0.2) is 6.10 Å². The summed E-state index contributed by atoms with van der Waals surface area (Å²) in [4.78, 5) is 35.5. The molecule has 3 heterocycles. The molecule has 3 fully saturated rings. The molecule has 0 aromatic rings. The lowest BCUT2D eigenvalue weighted by molar-refractivity contribution is -0.146. The Morgan fingerprint density at radius 3 is 2.56 bits per heavy atom. The number of ether oxygens (including phenoxy) is 5. The van der Waals surface area contributed by atoms with Crippen LogP contribution < -0.4 is 0 Å². The van der Waals surface area contributed by atoms with Crippen LogP contribution in [0, 0.1) is 0 Å². The predicted molar refractivity (Wildman–Crippen MR) is 89.5 cm³/mol. The average Bonchev–Trinajstić information content (AvgIpc) is 3.37. The molecule has 0 unspecified atom stereocenters. The number of rotatable bonds is 3. The summed E-state index contributed by atoms with van der Waals surface area (Å²) in [5, 5.41) is 0. The lowest BCUT2D eigenvalue weighted by Crippen LogP contribution is -2.36. The third-order valence-electron chi connectivity index (χ3n) is 5.96. The summed E-state index contributed by atoms with van der Waals surface area (Å²) in [7, 11) is 0. The summed E-state index contributed by atoms with van der Waals surface area (Å²) in [6, 6.07) is 0. The third kappa shape index (κ3) is 3.25. The van der Waals surface area contributed by atoms with Crippen molar-refractivity contribution in [2.75, 3.05) is 6.61 Å². The summed E-state index contributed by atoms with van der Waals surface area (Å²) in [6.07, 6.45) is 0.416. The van der Waals surface area contributed by atoms with Gasteiger partial charge >= 0.3 is 17.9 Å². The van der Waals surface area contributed by atoms with Crippen LogP contribution in [0.5, 0.6) is 0 Å². The van der Waals surface area contributed by atoms with E-state index in [1.165, 1.54) is 13.8 Å². The van der Waals surface area contributed by atoms with Gasteiger partial charge < -0.3 is 23.7 Å². The van der Waals surface area contributed by atoms with E-state index in [0.717, 1.165) is 12.8 Å². The quantitative estimate of drug-likeness (QED) is 0.409. The van der Waals surface area contributed by atoms with Gasteiger partial charge in [0.2, 0.25) is 0 Å². The van der Waals surface area contributed by atoms with E-state index < -0.39 is 41.3 Å². The largest absolute Gasteiger partial charge is 0.461 e. The molecule has 8 nitrogen and oxygen atoms in total. The van der Waals surface area contributed by atoms with Crippen LogP contribution in [0.15, 0.2) is 11.1 Å². The molecule has 6 atom stereocenters. The maximum atomic E-state index is 12.5. The van der Waals surface area contributed by atoms with Gasteiger partial charge in [0, 0.05) is 25.8 Å². The molecule has 0 spiro atoms. The van der Waals surface area contributed by atoms with Crippen LogP contribution in [0.2, 0.25) is 0 Å². The number of hydrogen-bond acceptors (Lipinski definition) is 8. The number of epoxide rings is 2. The van der Waals surface area contributed by atoms with Crippen molar-refractivity contribution in [1.29, 1.82) is 0 Å². The Bertz CT molecular complexity index is 742. The molecule has 8 heteroatoms. The lowest BCUT2D eigenvalue weighted by Gasteiger charge is -2.25. The Hall–Kier alpha value is -1.93. The third-order valence-corrected chi connectivity index (χ3v) is 5.96. The van der Waals surface area contributed by atoms with E-state index in [1.54, 1.807) is 0 Å². The summed E-state index contributed by atoms with van der Waals surface area (Å²) in [6.45, 7) is 6.33. The zero-order valence-electron chi connectivity index (χ0n) is 15.9. The van der Waals surface area contributed by atoms with E-state index in [2.05, 4.69) is 0 Å². The van der Waals surface area contributed by atoms with E-state index in [0.29, 0.717) is 12.0 Å². The van der Waals surface area contributed by atoms with E-state index in [4.69, 9.17) is 23.7 Å². The van der Waals surface area contributed by atoms with Crippen molar-refractivity contribution >= 4 is 17.9 Å². The van der Waals surface area contributed by atoms with Gasteiger partial charge in [-0.05, 0) is 26.7 Å². The molecule has 4 rings (SSSR count). The van der Waals surface area contributed by atoms with Crippen molar-refractivity contribution in [3.63, 3.8) is 0 Å². The van der Waals surface area contributed by atoms with Crippen molar-refractivity contribution in [1.82, 2.24) is 0 Å². The number of hydrogen-bond donors (Lipinski definition) is 0. The topological polar surface area (TPSA) is 104 Å². The minimum Gasteiger partial charge on any atom is -0.461 e. The molecule has 0 amide bonds. The van der Waals surface area contributed by atoms with Gasteiger partial charge in [0.25, 0.3) is 0 Å². The van der Waals surface area contributed by atoms with Crippen molar-refractivity contribution in [2.45, 2.75) is 82.6 Å². The zero-order valence-corrected chi connectivity index (χ0v) is 15.9.